The molecule has 0 fully saturated rings. The van der Waals surface area contributed by atoms with Crippen LogP contribution in [0.25, 0.3) is 6.08 Å². The lowest BCUT2D eigenvalue weighted by Crippen LogP contribution is -2.00. The van der Waals surface area contributed by atoms with E-state index in [1.807, 2.05) is 13.0 Å². The van der Waals surface area contributed by atoms with Gasteiger partial charge < -0.3 is 9.47 Å². The number of ether oxygens (including phenoxy) is 2. The fraction of sp³-hybridized carbons (Fsp3) is 0.188. The van der Waals surface area contributed by atoms with Crippen LogP contribution in [0.1, 0.15) is 23.6 Å². The van der Waals surface area contributed by atoms with Gasteiger partial charge in [-0.15, -0.1) is 0 Å². The molecule has 0 N–H and O–H groups in total. The summed E-state index contributed by atoms with van der Waals surface area (Å²) >= 11 is 5.72. The molecule has 112 valence electrons. The van der Waals surface area contributed by atoms with E-state index in [-0.39, 0.29) is 5.28 Å². The third-order valence-electron chi connectivity index (χ3n) is 2.76. The van der Waals surface area contributed by atoms with Crippen LogP contribution in [-0.2, 0) is 11.3 Å². The van der Waals surface area contributed by atoms with Gasteiger partial charge in [-0.1, -0.05) is 6.07 Å². The van der Waals surface area contributed by atoms with Crippen LogP contribution in [0.3, 0.4) is 0 Å². The zero-order chi connectivity index (χ0) is 15.8. The highest BCUT2D eigenvalue weighted by atomic mass is 35.5. The van der Waals surface area contributed by atoms with E-state index in [9.17, 15) is 0 Å². The third kappa shape index (κ3) is 4.47. The zero-order valence-electron chi connectivity index (χ0n) is 12.0. The Bertz CT molecular complexity index is 711. The summed E-state index contributed by atoms with van der Waals surface area (Å²) in [5, 5.41) is 9.13. The van der Waals surface area contributed by atoms with Crippen molar-refractivity contribution in [1.29, 1.82) is 5.26 Å². The second-order valence-electron chi connectivity index (χ2n) is 4.24. The van der Waals surface area contributed by atoms with E-state index in [0.29, 0.717) is 24.7 Å². The summed E-state index contributed by atoms with van der Waals surface area (Å²) < 4.78 is 10.8. The summed E-state index contributed by atoms with van der Waals surface area (Å²) in [7, 11) is 0. The lowest BCUT2D eigenvalue weighted by molar-refractivity contribution is 0.272. The van der Waals surface area contributed by atoms with Crippen molar-refractivity contribution < 1.29 is 9.47 Å². The summed E-state index contributed by atoms with van der Waals surface area (Å²) in [5.74, 6) is 0.393. The largest absolute Gasteiger partial charge is 0.501 e. The molecule has 1 aromatic carbocycles. The molecule has 2 aromatic rings. The molecule has 0 radical (unpaired) electrons. The first-order valence-electron chi connectivity index (χ1n) is 6.65. The van der Waals surface area contributed by atoms with Crippen LogP contribution in [0.2, 0.25) is 5.28 Å². The summed E-state index contributed by atoms with van der Waals surface area (Å²) in [5.41, 5.74) is 2.34. The number of nitrogens with zero attached hydrogens (tertiary/aromatic N) is 3. The molecule has 22 heavy (non-hydrogen) atoms. The Kier molecular flexibility index (Phi) is 5.75. The van der Waals surface area contributed by atoms with E-state index in [2.05, 4.69) is 16.0 Å². The molecule has 0 saturated carbocycles. The van der Waals surface area contributed by atoms with E-state index < -0.39 is 0 Å². The van der Waals surface area contributed by atoms with Crippen molar-refractivity contribution in [3.8, 4) is 11.9 Å². The number of aromatic nitrogens is 2. The molecule has 0 unspecified atom stereocenters. The maximum atomic E-state index is 8.99. The SMILES string of the molecule is CCO/C=C/c1cc(C#N)ccc1COc1ccnc(Cl)n1. The number of rotatable bonds is 6. The number of benzene rings is 1. The predicted molar refractivity (Wildman–Crippen MR) is 83.2 cm³/mol. The lowest BCUT2D eigenvalue weighted by atomic mass is 10.0. The second-order valence-corrected chi connectivity index (χ2v) is 4.57. The maximum absolute atomic E-state index is 8.99. The summed E-state index contributed by atoms with van der Waals surface area (Å²) in [6, 6.07) is 9.10. The molecule has 0 atom stereocenters. The number of hydrogen-bond donors (Lipinski definition) is 0. The van der Waals surface area contributed by atoms with Gasteiger partial charge in [0.1, 0.15) is 6.61 Å². The van der Waals surface area contributed by atoms with Gasteiger partial charge in [-0.25, -0.2) is 4.98 Å². The topological polar surface area (TPSA) is 68.0 Å². The second kappa shape index (κ2) is 8.01. The van der Waals surface area contributed by atoms with Crippen molar-refractivity contribution in [1.82, 2.24) is 9.97 Å². The maximum Gasteiger partial charge on any atom is 0.225 e. The summed E-state index contributed by atoms with van der Waals surface area (Å²) in [6.45, 7) is 2.78. The van der Waals surface area contributed by atoms with Crippen LogP contribution < -0.4 is 4.74 Å². The molecule has 0 bridgehead atoms. The Morgan fingerprint density at radius 2 is 2.23 bits per heavy atom. The molecule has 0 amide bonds. The van der Waals surface area contributed by atoms with Crippen LogP contribution in [0.5, 0.6) is 5.88 Å². The minimum atomic E-state index is 0.133. The van der Waals surface area contributed by atoms with E-state index in [1.165, 1.54) is 6.20 Å². The molecule has 0 aliphatic carbocycles. The Balaban J connectivity index is 2.17. The van der Waals surface area contributed by atoms with Crippen LogP contribution in [0, 0.1) is 11.3 Å². The Morgan fingerprint density at radius 1 is 1.36 bits per heavy atom. The average Bonchev–Trinajstić information content (AvgIpc) is 2.54. The average molecular weight is 316 g/mol. The lowest BCUT2D eigenvalue weighted by Gasteiger charge is -2.09. The Labute approximate surface area is 133 Å². The van der Waals surface area contributed by atoms with Crippen LogP contribution >= 0.6 is 11.6 Å². The van der Waals surface area contributed by atoms with Crippen molar-refractivity contribution in [2.75, 3.05) is 6.61 Å². The molecular formula is C16H14ClN3O2. The molecule has 0 spiro atoms. The molecule has 5 nitrogen and oxygen atoms in total. The zero-order valence-corrected chi connectivity index (χ0v) is 12.7. The standard InChI is InChI=1S/C16H14ClN3O2/c1-2-21-8-6-13-9-12(10-18)3-4-14(13)11-22-15-5-7-19-16(17)20-15/h3-9H,2,11H2,1H3/b8-6+. The summed E-state index contributed by atoms with van der Waals surface area (Å²) in [6.07, 6.45) is 4.93. The highest BCUT2D eigenvalue weighted by molar-refractivity contribution is 6.28. The number of nitriles is 1. The van der Waals surface area contributed by atoms with Gasteiger partial charge in [0.2, 0.25) is 11.2 Å². The van der Waals surface area contributed by atoms with Gasteiger partial charge in [-0.05, 0) is 47.9 Å². The number of halogens is 1. The van der Waals surface area contributed by atoms with Crippen molar-refractivity contribution >= 4 is 17.7 Å². The van der Waals surface area contributed by atoms with Gasteiger partial charge in [0.05, 0.1) is 24.5 Å². The highest BCUT2D eigenvalue weighted by Crippen LogP contribution is 2.17. The van der Waals surface area contributed by atoms with Gasteiger partial charge in [0.15, 0.2) is 0 Å². The Morgan fingerprint density at radius 3 is 2.95 bits per heavy atom. The first-order valence-corrected chi connectivity index (χ1v) is 7.03. The van der Waals surface area contributed by atoms with Crippen molar-refractivity contribution in [3.05, 3.63) is 58.7 Å². The Hall–Kier alpha value is -2.58. The van der Waals surface area contributed by atoms with E-state index in [1.54, 1.807) is 30.5 Å². The molecule has 1 aromatic heterocycles. The van der Waals surface area contributed by atoms with Crippen molar-refractivity contribution in [2.24, 2.45) is 0 Å². The fourth-order valence-corrected chi connectivity index (χ4v) is 1.86. The smallest absolute Gasteiger partial charge is 0.225 e. The molecule has 6 heteroatoms. The minimum Gasteiger partial charge on any atom is -0.501 e. The van der Waals surface area contributed by atoms with Crippen molar-refractivity contribution in [3.63, 3.8) is 0 Å². The normalized spacial score (nSPS) is 10.4. The van der Waals surface area contributed by atoms with Crippen molar-refractivity contribution in [2.45, 2.75) is 13.5 Å². The molecule has 0 saturated heterocycles. The van der Waals surface area contributed by atoms with E-state index in [4.69, 9.17) is 26.3 Å². The first-order chi connectivity index (χ1) is 10.7. The van der Waals surface area contributed by atoms with Gasteiger partial charge >= 0.3 is 0 Å². The van der Waals surface area contributed by atoms with Gasteiger partial charge in [0, 0.05) is 12.3 Å². The summed E-state index contributed by atoms with van der Waals surface area (Å²) in [4.78, 5) is 7.76. The quantitative estimate of drug-likeness (QED) is 0.602. The monoisotopic (exact) mass is 315 g/mol. The molecule has 0 aliphatic heterocycles. The molecular weight excluding hydrogens is 302 g/mol. The van der Waals surface area contributed by atoms with Gasteiger partial charge in [0.25, 0.3) is 0 Å². The molecule has 0 aliphatic rings. The minimum absolute atomic E-state index is 0.133. The van der Waals surface area contributed by atoms with Crippen LogP contribution in [0.4, 0.5) is 0 Å². The van der Waals surface area contributed by atoms with Gasteiger partial charge in [-0.3, -0.25) is 0 Å². The van der Waals surface area contributed by atoms with Crippen LogP contribution in [-0.4, -0.2) is 16.6 Å². The van der Waals surface area contributed by atoms with E-state index >= 15 is 0 Å². The first kappa shape index (κ1) is 15.8. The number of hydrogen-bond acceptors (Lipinski definition) is 5. The third-order valence-corrected chi connectivity index (χ3v) is 2.94. The predicted octanol–water partition coefficient (Wildman–Crippen LogP) is 3.59. The van der Waals surface area contributed by atoms with E-state index in [0.717, 1.165) is 11.1 Å². The highest BCUT2D eigenvalue weighted by Gasteiger charge is 2.04. The van der Waals surface area contributed by atoms with Crippen LogP contribution in [0.15, 0.2) is 36.7 Å². The fourth-order valence-electron chi connectivity index (χ4n) is 1.72. The van der Waals surface area contributed by atoms with Gasteiger partial charge in [-0.2, -0.15) is 10.2 Å². The molecule has 2 rings (SSSR count). The molecule has 1 heterocycles.